The molecule has 0 bridgehead atoms. The van der Waals surface area contributed by atoms with Gasteiger partial charge < -0.3 is 18.9 Å². The Bertz CT molecular complexity index is 1870. The van der Waals surface area contributed by atoms with Gasteiger partial charge in [-0.15, -0.1) is 0 Å². The van der Waals surface area contributed by atoms with Gasteiger partial charge in [0.1, 0.15) is 23.0 Å². The molecule has 0 N–H and O–H groups in total. The predicted octanol–water partition coefficient (Wildman–Crippen LogP) is 8.72. The van der Waals surface area contributed by atoms with Crippen molar-refractivity contribution in [2.24, 2.45) is 0 Å². The molecule has 0 atom stereocenters. The minimum atomic E-state index is -0.874. The van der Waals surface area contributed by atoms with Crippen LogP contribution < -0.4 is 9.47 Å². The Morgan fingerprint density at radius 3 is 1.65 bits per heavy atom. The fourth-order valence-corrected chi connectivity index (χ4v) is 4.55. The number of benzene rings is 4. The minimum absolute atomic E-state index is 0.0191. The number of nitrogens with zero attached hydrogens (tertiary/aromatic N) is 2. The van der Waals surface area contributed by atoms with Gasteiger partial charge in [0, 0.05) is 25.0 Å². The van der Waals surface area contributed by atoms with Crippen molar-refractivity contribution in [1.29, 1.82) is 0 Å². The number of hydrogen-bond donors (Lipinski definition) is 0. The number of hydrogen-bond acceptors (Lipinski definition) is 7. The van der Waals surface area contributed by atoms with Gasteiger partial charge in [0.2, 0.25) is 0 Å². The molecule has 0 spiro atoms. The van der Waals surface area contributed by atoms with Crippen LogP contribution in [-0.4, -0.2) is 30.0 Å². The summed E-state index contributed by atoms with van der Waals surface area (Å²) >= 11 is 0. The summed E-state index contributed by atoms with van der Waals surface area (Å²) in [5, 5.41) is 2.04. The first kappa shape index (κ1) is 29.4. The van der Waals surface area contributed by atoms with Gasteiger partial charge in [-0.3, -0.25) is 14.8 Å². The van der Waals surface area contributed by atoms with E-state index in [0.717, 1.165) is 27.4 Å². The fourth-order valence-electron chi connectivity index (χ4n) is 4.55. The molecule has 7 nitrogen and oxygen atoms in total. The van der Waals surface area contributed by atoms with Gasteiger partial charge in [-0.05, 0) is 62.4 Å². The third kappa shape index (κ3) is 6.86. The van der Waals surface area contributed by atoms with E-state index < -0.39 is 5.79 Å². The maximum atomic E-state index is 11.6. The molecule has 43 heavy (non-hydrogen) atoms. The summed E-state index contributed by atoms with van der Waals surface area (Å²) in [5.41, 5.74) is 3.24. The third-order valence-corrected chi connectivity index (χ3v) is 7.01. The summed E-state index contributed by atoms with van der Waals surface area (Å²) in [6, 6.07) is 34.5. The molecule has 7 heteroatoms. The van der Waals surface area contributed by atoms with E-state index in [-0.39, 0.29) is 5.78 Å². The zero-order valence-corrected chi connectivity index (χ0v) is 24.5. The molecular weight excluding hydrogens is 540 g/mol. The molecule has 0 fully saturated rings. The Balaban J connectivity index is 0.000000173. The van der Waals surface area contributed by atoms with Gasteiger partial charge in [-0.2, -0.15) is 0 Å². The molecule has 4 aromatic carbocycles. The van der Waals surface area contributed by atoms with Crippen LogP contribution in [-0.2, 0) is 15.3 Å². The van der Waals surface area contributed by atoms with Gasteiger partial charge in [-0.1, -0.05) is 60.7 Å². The number of para-hydroxylation sites is 4. The van der Waals surface area contributed by atoms with Crippen LogP contribution in [0.15, 0.2) is 122 Å². The van der Waals surface area contributed by atoms with Gasteiger partial charge >= 0.3 is 0 Å². The molecule has 0 aliphatic heterocycles. The van der Waals surface area contributed by atoms with Gasteiger partial charge in [0.25, 0.3) is 0 Å². The van der Waals surface area contributed by atoms with Crippen LogP contribution >= 0.6 is 0 Å². The fraction of sp³-hybridized carbons (Fsp3) is 0.139. The third-order valence-electron chi connectivity index (χ3n) is 7.01. The predicted molar refractivity (Wildman–Crippen MR) is 168 cm³/mol. The Morgan fingerprint density at radius 1 is 0.628 bits per heavy atom. The van der Waals surface area contributed by atoms with Gasteiger partial charge in [0.05, 0.1) is 34.6 Å². The van der Waals surface area contributed by atoms with Crippen molar-refractivity contribution in [3.05, 3.63) is 133 Å². The van der Waals surface area contributed by atoms with E-state index in [1.807, 2.05) is 104 Å². The van der Waals surface area contributed by atoms with Crippen molar-refractivity contribution in [1.82, 2.24) is 9.97 Å². The molecule has 6 rings (SSSR count). The van der Waals surface area contributed by atoms with Gasteiger partial charge in [0.15, 0.2) is 11.6 Å². The number of aromatic nitrogens is 2. The summed E-state index contributed by atoms with van der Waals surface area (Å²) in [6.07, 6.45) is 3.38. The van der Waals surface area contributed by atoms with Crippen LogP contribution in [0.2, 0.25) is 0 Å². The number of rotatable bonds is 8. The maximum Gasteiger partial charge on any atom is 0.194 e. The second kappa shape index (κ2) is 13.2. The topological polar surface area (TPSA) is 79.8 Å². The molecule has 0 unspecified atom stereocenters. The first-order valence-corrected chi connectivity index (χ1v) is 13.8. The second-order valence-electron chi connectivity index (χ2n) is 9.83. The molecule has 0 amide bonds. The van der Waals surface area contributed by atoms with Crippen molar-refractivity contribution < 1.29 is 23.7 Å². The van der Waals surface area contributed by atoms with E-state index in [0.29, 0.717) is 28.6 Å². The largest absolute Gasteiger partial charge is 0.455 e. The Hall–Kier alpha value is -5.11. The number of pyridine rings is 2. The van der Waals surface area contributed by atoms with Crippen LogP contribution in [0.4, 0.5) is 0 Å². The normalized spacial score (nSPS) is 11.1. The quantitative estimate of drug-likeness (QED) is 0.133. The van der Waals surface area contributed by atoms with E-state index in [1.54, 1.807) is 38.7 Å². The molecule has 0 radical (unpaired) electrons. The lowest BCUT2D eigenvalue weighted by Gasteiger charge is -2.28. The lowest BCUT2D eigenvalue weighted by molar-refractivity contribution is -0.202. The van der Waals surface area contributed by atoms with E-state index in [4.69, 9.17) is 18.9 Å². The molecule has 0 saturated heterocycles. The molecule has 2 heterocycles. The number of Topliss-reactive ketones (excluding diaryl/α,β-unsaturated/α-hetero) is 1. The number of ether oxygens (including phenoxy) is 4. The van der Waals surface area contributed by atoms with E-state index in [1.165, 1.54) is 6.92 Å². The molecule has 0 aliphatic carbocycles. The molecule has 216 valence electrons. The first-order chi connectivity index (χ1) is 20.9. The van der Waals surface area contributed by atoms with E-state index >= 15 is 0 Å². The highest BCUT2D eigenvalue weighted by Gasteiger charge is 2.29. The second-order valence-corrected chi connectivity index (χ2v) is 9.83. The standard InChI is InChI=1S/C19H19NO3.C17H13NO2/c1-19(21-2,22-3)16-9-5-7-11-18(16)23-15-12-14-8-4-6-10-17(14)20-13-15;1-12(19)15-7-3-5-9-17(15)20-14-10-13-6-2-4-8-16(13)18-11-14/h4-13H,1-3H3;2-11H,1H3. The zero-order chi connectivity index (χ0) is 30.2. The Kier molecular flexibility index (Phi) is 9.05. The van der Waals surface area contributed by atoms with Crippen molar-refractivity contribution in [3.63, 3.8) is 0 Å². The Labute approximate surface area is 250 Å². The zero-order valence-electron chi connectivity index (χ0n) is 24.5. The van der Waals surface area contributed by atoms with Crippen molar-refractivity contribution in [2.45, 2.75) is 19.6 Å². The van der Waals surface area contributed by atoms with Crippen molar-refractivity contribution in [2.75, 3.05) is 14.2 Å². The monoisotopic (exact) mass is 572 g/mol. The first-order valence-electron chi connectivity index (χ1n) is 13.8. The lowest BCUT2D eigenvalue weighted by atomic mass is 10.1. The molecule has 0 aliphatic rings. The molecule has 2 aromatic heterocycles. The number of carbonyl (C=O) groups excluding carboxylic acids is 1. The number of fused-ring (bicyclic) bond motifs is 2. The smallest absolute Gasteiger partial charge is 0.194 e. The highest BCUT2D eigenvalue weighted by atomic mass is 16.7. The number of ketones is 1. The highest BCUT2D eigenvalue weighted by Crippen LogP contribution is 2.36. The van der Waals surface area contributed by atoms with Crippen LogP contribution in [0.3, 0.4) is 0 Å². The summed E-state index contributed by atoms with van der Waals surface area (Å²) in [4.78, 5) is 20.3. The molecule has 0 saturated carbocycles. The van der Waals surface area contributed by atoms with Crippen molar-refractivity contribution >= 4 is 27.6 Å². The number of methoxy groups -OCH3 is 2. The van der Waals surface area contributed by atoms with Crippen LogP contribution in [0.25, 0.3) is 21.8 Å². The van der Waals surface area contributed by atoms with Crippen LogP contribution in [0, 0.1) is 0 Å². The molecule has 6 aromatic rings. The lowest BCUT2D eigenvalue weighted by Crippen LogP contribution is -2.27. The van der Waals surface area contributed by atoms with Gasteiger partial charge in [-0.25, -0.2) is 0 Å². The summed E-state index contributed by atoms with van der Waals surface area (Å²) in [7, 11) is 3.22. The van der Waals surface area contributed by atoms with E-state index in [9.17, 15) is 4.79 Å². The van der Waals surface area contributed by atoms with E-state index in [2.05, 4.69) is 9.97 Å². The number of carbonyl (C=O) groups is 1. The average Bonchev–Trinajstić information content (AvgIpc) is 3.05. The summed E-state index contributed by atoms with van der Waals surface area (Å²) in [5.74, 6) is 1.63. The summed E-state index contributed by atoms with van der Waals surface area (Å²) in [6.45, 7) is 3.38. The SMILES string of the molecule is CC(=O)c1ccccc1Oc1cnc2ccccc2c1.COC(C)(OC)c1ccccc1Oc1cnc2ccccc2c1. The summed E-state index contributed by atoms with van der Waals surface area (Å²) < 4.78 is 22.8. The Morgan fingerprint density at radius 2 is 1.09 bits per heavy atom. The van der Waals surface area contributed by atoms with Crippen LogP contribution in [0.1, 0.15) is 29.8 Å². The maximum absolute atomic E-state index is 11.6. The average molecular weight is 573 g/mol. The van der Waals surface area contributed by atoms with Crippen LogP contribution in [0.5, 0.6) is 23.0 Å². The minimum Gasteiger partial charge on any atom is -0.455 e. The van der Waals surface area contributed by atoms with Crippen molar-refractivity contribution in [3.8, 4) is 23.0 Å². The molecular formula is C36H32N2O5. The highest BCUT2D eigenvalue weighted by molar-refractivity contribution is 5.96.